The molecule has 24 heavy (non-hydrogen) atoms. The van der Waals surface area contributed by atoms with Gasteiger partial charge in [-0.3, -0.25) is 0 Å². The van der Waals surface area contributed by atoms with Gasteiger partial charge < -0.3 is 0 Å². The fraction of sp³-hybridized carbons (Fsp3) is 0.357. The fourth-order valence-corrected chi connectivity index (χ4v) is 3.28. The van der Waals surface area contributed by atoms with E-state index in [4.69, 9.17) is 5.26 Å². The molecule has 0 radical (unpaired) electrons. The Morgan fingerprint density at radius 3 is 2.04 bits per heavy atom. The van der Waals surface area contributed by atoms with Crippen LogP contribution in [0, 0.1) is 11.3 Å². The number of ether oxygens (including phenoxy) is 1. The third-order valence-corrected chi connectivity index (χ3v) is 4.67. The summed E-state index contributed by atoms with van der Waals surface area (Å²) in [5.74, 6) is -14.0. The summed E-state index contributed by atoms with van der Waals surface area (Å²) in [4.78, 5) is 0. The Labute approximate surface area is 139 Å². The van der Waals surface area contributed by atoms with Crippen LogP contribution in [0.25, 0.3) is 0 Å². The molecule has 0 fully saturated rings. The number of alkyl halides is 7. The van der Waals surface area contributed by atoms with Crippen LogP contribution in [0.3, 0.4) is 0 Å². The Morgan fingerprint density at radius 1 is 1.08 bits per heavy atom. The Balaban J connectivity index is 3.44. The van der Waals surface area contributed by atoms with Gasteiger partial charge in [0.2, 0.25) is 0 Å². The van der Waals surface area contributed by atoms with E-state index in [0.717, 1.165) is 6.92 Å². The van der Waals surface area contributed by atoms with Crippen LogP contribution in [0.1, 0.15) is 6.92 Å². The normalized spacial score (nSPS) is 14.0. The molecule has 132 valence electrons. The van der Waals surface area contributed by atoms with E-state index in [1.165, 1.54) is 30.3 Å². The monoisotopic (exact) mass is 421 g/mol. The summed E-state index contributed by atoms with van der Waals surface area (Å²) in [6.07, 6.45) is -6.50. The van der Waals surface area contributed by atoms with Crippen LogP contribution in [0.2, 0.25) is 0 Å². The average molecular weight is 420 g/mol. The van der Waals surface area contributed by atoms with Crippen molar-refractivity contribution in [2.24, 2.45) is 0 Å². The van der Waals surface area contributed by atoms with Crippen molar-refractivity contribution in [2.45, 2.75) is 24.9 Å². The van der Waals surface area contributed by atoms with Crippen LogP contribution >= 0.6 is 0 Å². The molecule has 0 amide bonds. The SMILES string of the molecule is CCO/C(=C(/C#N)[Se]c1ccccc1)C(F)(F)C(F)(F)C(F)(F)F. The second-order valence-corrected chi connectivity index (χ2v) is 6.54. The van der Waals surface area contributed by atoms with Crippen molar-refractivity contribution in [3.63, 3.8) is 0 Å². The molecular formula is C14H10F7NOSe. The molecule has 0 aliphatic heterocycles. The summed E-state index contributed by atoms with van der Waals surface area (Å²) in [7, 11) is 0. The van der Waals surface area contributed by atoms with E-state index in [1.807, 2.05) is 0 Å². The van der Waals surface area contributed by atoms with Crippen LogP contribution in [-0.4, -0.2) is 39.6 Å². The molecule has 0 aliphatic carbocycles. The van der Waals surface area contributed by atoms with E-state index < -0.39 is 49.8 Å². The molecular weight excluding hydrogens is 410 g/mol. The molecule has 0 heterocycles. The van der Waals surface area contributed by atoms with E-state index in [0.29, 0.717) is 4.46 Å². The van der Waals surface area contributed by atoms with Crippen molar-refractivity contribution in [1.29, 1.82) is 5.26 Å². The predicted molar refractivity (Wildman–Crippen MR) is 72.0 cm³/mol. The summed E-state index contributed by atoms with van der Waals surface area (Å²) < 4.78 is 95.0. The maximum atomic E-state index is 13.9. The second-order valence-electron chi connectivity index (χ2n) is 4.26. The number of benzene rings is 1. The van der Waals surface area contributed by atoms with Gasteiger partial charge in [0, 0.05) is 0 Å². The van der Waals surface area contributed by atoms with E-state index >= 15 is 0 Å². The molecule has 1 aromatic carbocycles. The molecule has 1 rings (SSSR count). The minimum absolute atomic E-state index is 0.338. The standard InChI is InChI=1S/C14H10F7NOSe/c1-2-23-11(12(15,16)13(17,18)14(19,20)21)10(8-22)24-9-6-4-3-5-7-9/h3-7H,2H2,1H3/b11-10-. The zero-order chi connectivity index (χ0) is 18.6. The molecule has 0 aromatic heterocycles. The number of halogens is 7. The Hall–Kier alpha value is -1.72. The van der Waals surface area contributed by atoms with Crippen LogP contribution in [0.4, 0.5) is 30.7 Å². The topological polar surface area (TPSA) is 33.0 Å². The average Bonchev–Trinajstić information content (AvgIpc) is 2.50. The molecule has 0 bridgehead atoms. The third kappa shape index (κ3) is 4.02. The van der Waals surface area contributed by atoms with Gasteiger partial charge in [0.05, 0.1) is 0 Å². The zero-order valence-electron chi connectivity index (χ0n) is 12.0. The van der Waals surface area contributed by atoms with Crippen LogP contribution in [0.15, 0.2) is 40.6 Å². The number of nitrogens with zero attached hydrogens (tertiary/aromatic N) is 1. The molecule has 2 nitrogen and oxygen atoms in total. The van der Waals surface area contributed by atoms with Gasteiger partial charge in [-0.05, 0) is 0 Å². The minimum atomic E-state index is -6.50. The summed E-state index contributed by atoms with van der Waals surface area (Å²) in [5, 5.41) is 8.98. The van der Waals surface area contributed by atoms with E-state index in [1.54, 1.807) is 6.07 Å². The zero-order valence-corrected chi connectivity index (χ0v) is 13.7. The molecule has 0 aliphatic rings. The van der Waals surface area contributed by atoms with Gasteiger partial charge >= 0.3 is 138 Å². The second kappa shape index (κ2) is 7.45. The van der Waals surface area contributed by atoms with Gasteiger partial charge in [-0.15, -0.1) is 0 Å². The molecule has 0 spiro atoms. The first kappa shape index (κ1) is 20.3. The molecule has 0 N–H and O–H groups in total. The molecule has 1 aromatic rings. The van der Waals surface area contributed by atoms with Gasteiger partial charge in [0.25, 0.3) is 0 Å². The predicted octanol–water partition coefficient (Wildman–Crippen LogP) is 3.62. The summed E-state index contributed by atoms with van der Waals surface area (Å²) in [6.45, 7) is 0.529. The van der Waals surface area contributed by atoms with E-state index in [9.17, 15) is 30.7 Å². The molecule has 0 unspecified atom stereocenters. The summed E-state index contributed by atoms with van der Waals surface area (Å²) in [5.41, 5.74) is 0. The van der Waals surface area contributed by atoms with Crippen molar-refractivity contribution in [2.75, 3.05) is 6.61 Å². The van der Waals surface area contributed by atoms with Gasteiger partial charge in [-0.1, -0.05) is 0 Å². The molecule has 0 saturated carbocycles. The van der Waals surface area contributed by atoms with Gasteiger partial charge in [0.1, 0.15) is 0 Å². The summed E-state index contributed by atoms with van der Waals surface area (Å²) in [6, 6.07) is 8.74. The quantitative estimate of drug-likeness (QED) is 0.305. The van der Waals surface area contributed by atoms with Gasteiger partial charge in [-0.25, -0.2) is 0 Å². The number of nitriles is 1. The van der Waals surface area contributed by atoms with Gasteiger partial charge in [-0.2, -0.15) is 0 Å². The number of allylic oxidation sites excluding steroid dienone is 2. The number of rotatable bonds is 6. The molecule has 0 atom stereocenters. The molecule has 0 saturated heterocycles. The molecule has 10 heteroatoms. The van der Waals surface area contributed by atoms with Crippen molar-refractivity contribution in [3.8, 4) is 6.07 Å². The Bertz CT molecular complexity index is 635. The van der Waals surface area contributed by atoms with Crippen molar-refractivity contribution < 1.29 is 35.5 Å². The first-order valence-corrected chi connectivity index (χ1v) is 8.03. The summed E-state index contributed by atoms with van der Waals surface area (Å²) >= 11 is -1.23. The third-order valence-electron chi connectivity index (χ3n) is 2.60. The first-order chi connectivity index (χ1) is 11.0. The number of hydrogen-bond donors (Lipinski definition) is 0. The van der Waals surface area contributed by atoms with Crippen LogP contribution < -0.4 is 4.46 Å². The van der Waals surface area contributed by atoms with Crippen molar-refractivity contribution >= 4 is 19.4 Å². The number of hydrogen-bond acceptors (Lipinski definition) is 2. The Morgan fingerprint density at radius 2 is 1.62 bits per heavy atom. The van der Waals surface area contributed by atoms with Gasteiger partial charge in [0.15, 0.2) is 0 Å². The fourth-order valence-electron chi connectivity index (χ4n) is 1.49. The van der Waals surface area contributed by atoms with E-state index in [-0.39, 0.29) is 0 Å². The van der Waals surface area contributed by atoms with Crippen LogP contribution in [0.5, 0.6) is 0 Å². The first-order valence-electron chi connectivity index (χ1n) is 6.32. The maximum absolute atomic E-state index is 13.9. The van der Waals surface area contributed by atoms with Crippen molar-refractivity contribution in [1.82, 2.24) is 0 Å². The van der Waals surface area contributed by atoms with Crippen LogP contribution in [-0.2, 0) is 4.74 Å². The van der Waals surface area contributed by atoms with E-state index in [2.05, 4.69) is 4.74 Å². The van der Waals surface area contributed by atoms with Crippen molar-refractivity contribution in [3.05, 3.63) is 40.6 Å². The Kier molecular flexibility index (Phi) is 6.31.